The highest BCUT2D eigenvalue weighted by molar-refractivity contribution is 5.92. The standard InChI is InChI=1S/C15H22N2O3/c1-15(2,14(19)17(3)4)16-13(18)12(20-5)11-9-7-6-8-10-11/h6-10,12H,1-5H3,(H,16,18)/t12-/m1/s1. The average molecular weight is 278 g/mol. The molecule has 0 aliphatic carbocycles. The summed E-state index contributed by atoms with van der Waals surface area (Å²) in [5, 5.41) is 2.73. The van der Waals surface area contributed by atoms with Gasteiger partial charge in [0.05, 0.1) is 0 Å². The Morgan fingerprint density at radius 1 is 1.20 bits per heavy atom. The molecule has 5 nitrogen and oxygen atoms in total. The molecule has 0 aliphatic rings. The van der Waals surface area contributed by atoms with Crippen molar-refractivity contribution in [3.05, 3.63) is 35.9 Å². The van der Waals surface area contributed by atoms with Crippen molar-refractivity contribution in [2.24, 2.45) is 0 Å². The zero-order chi connectivity index (χ0) is 15.3. The van der Waals surface area contributed by atoms with E-state index in [-0.39, 0.29) is 11.8 Å². The number of carbonyl (C=O) groups excluding carboxylic acids is 2. The van der Waals surface area contributed by atoms with E-state index in [1.165, 1.54) is 12.0 Å². The summed E-state index contributed by atoms with van der Waals surface area (Å²) in [6.45, 7) is 3.34. The lowest BCUT2D eigenvalue weighted by Gasteiger charge is -2.29. The van der Waals surface area contributed by atoms with E-state index >= 15 is 0 Å². The Balaban J connectivity index is 2.86. The Morgan fingerprint density at radius 2 is 1.75 bits per heavy atom. The van der Waals surface area contributed by atoms with Crippen molar-refractivity contribution in [3.63, 3.8) is 0 Å². The first kappa shape index (κ1) is 16.2. The number of likely N-dealkylation sites (N-methyl/N-ethyl adjacent to an activating group) is 1. The van der Waals surface area contributed by atoms with Crippen LogP contribution in [0.4, 0.5) is 0 Å². The maximum absolute atomic E-state index is 12.3. The van der Waals surface area contributed by atoms with E-state index in [1.54, 1.807) is 27.9 Å². The molecule has 0 unspecified atom stereocenters. The molecule has 0 bridgehead atoms. The normalized spacial score (nSPS) is 12.7. The van der Waals surface area contributed by atoms with Crippen molar-refractivity contribution in [3.8, 4) is 0 Å². The third kappa shape index (κ3) is 3.81. The van der Waals surface area contributed by atoms with Crippen LogP contribution < -0.4 is 5.32 Å². The monoisotopic (exact) mass is 278 g/mol. The number of hydrogen-bond acceptors (Lipinski definition) is 3. The summed E-state index contributed by atoms with van der Waals surface area (Å²) < 4.78 is 5.25. The zero-order valence-electron chi connectivity index (χ0n) is 12.6. The van der Waals surface area contributed by atoms with Crippen LogP contribution in [0.1, 0.15) is 25.5 Å². The second kappa shape index (κ2) is 6.52. The fourth-order valence-electron chi connectivity index (χ4n) is 2.01. The first-order valence-electron chi connectivity index (χ1n) is 6.41. The van der Waals surface area contributed by atoms with E-state index in [1.807, 2.05) is 30.3 Å². The first-order chi connectivity index (χ1) is 9.29. The molecular weight excluding hydrogens is 256 g/mol. The number of methoxy groups -OCH3 is 1. The second-order valence-corrected chi connectivity index (χ2v) is 5.34. The van der Waals surface area contributed by atoms with Crippen LogP contribution in [-0.2, 0) is 14.3 Å². The SMILES string of the molecule is CO[C@@H](C(=O)NC(C)(C)C(=O)N(C)C)c1ccccc1. The molecule has 0 saturated heterocycles. The van der Waals surface area contributed by atoms with Gasteiger partial charge in [-0.15, -0.1) is 0 Å². The van der Waals surface area contributed by atoms with Gasteiger partial charge in [-0.1, -0.05) is 30.3 Å². The molecular formula is C15H22N2O3. The number of hydrogen-bond donors (Lipinski definition) is 1. The minimum absolute atomic E-state index is 0.172. The van der Waals surface area contributed by atoms with E-state index < -0.39 is 11.6 Å². The van der Waals surface area contributed by atoms with Gasteiger partial charge in [-0.3, -0.25) is 9.59 Å². The molecule has 2 amide bonds. The number of carbonyl (C=O) groups is 2. The average Bonchev–Trinajstić information content (AvgIpc) is 2.39. The molecule has 1 aromatic carbocycles. The molecule has 0 radical (unpaired) electrons. The van der Waals surface area contributed by atoms with Gasteiger partial charge in [0.2, 0.25) is 5.91 Å². The van der Waals surface area contributed by atoms with E-state index in [4.69, 9.17) is 4.74 Å². The molecule has 1 aromatic rings. The smallest absolute Gasteiger partial charge is 0.254 e. The van der Waals surface area contributed by atoms with Gasteiger partial charge in [0.15, 0.2) is 6.10 Å². The second-order valence-electron chi connectivity index (χ2n) is 5.34. The lowest BCUT2D eigenvalue weighted by molar-refractivity contribution is -0.142. The Morgan fingerprint density at radius 3 is 2.20 bits per heavy atom. The molecule has 0 spiro atoms. The van der Waals surface area contributed by atoms with Gasteiger partial charge in [0.1, 0.15) is 5.54 Å². The van der Waals surface area contributed by atoms with Crippen LogP contribution in [0.15, 0.2) is 30.3 Å². The Hall–Kier alpha value is -1.88. The molecule has 0 aliphatic heterocycles. The van der Waals surface area contributed by atoms with Crippen LogP contribution in [0.5, 0.6) is 0 Å². The van der Waals surface area contributed by atoms with E-state index in [0.29, 0.717) is 0 Å². The Kier molecular flexibility index (Phi) is 5.27. The molecule has 1 rings (SSSR count). The predicted octanol–water partition coefficient (Wildman–Crippen LogP) is 1.36. The van der Waals surface area contributed by atoms with Crippen LogP contribution in [0.2, 0.25) is 0 Å². The quantitative estimate of drug-likeness (QED) is 0.884. The summed E-state index contributed by atoms with van der Waals surface area (Å²) in [5.74, 6) is -0.507. The van der Waals surface area contributed by atoms with Crippen LogP contribution in [0.25, 0.3) is 0 Å². The van der Waals surface area contributed by atoms with Crippen LogP contribution in [-0.4, -0.2) is 43.5 Å². The fraction of sp³-hybridized carbons (Fsp3) is 0.467. The minimum Gasteiger partial charge on any atom is -0.367 e. The first-order valence-corrected chi connectivity index (χ1v) is 6.41. The van der Waals surface area contributed by atoms with Crippen LogP contribution in [0, 0.1) is 0 Å². The lowest BCUT2D eigenvalue weighted by Crippen LogP contribution is -2.55. The van der Waals surface area contributed by atoms with Crippen molar-refractivity contribution < 1.29 is 14.3 Å². The van der Waals surface area contributed by atoms with Crippen molar-refractivity contribution in [2.75, 3.05) is 21.2 Å². The van der Waals surface area contributed by atoms with E-state index in [0.717, 1.165) is 5.56 Å². The van der Waals surface area contributed by atoms with Gasteiger partial charge < -0.3 is 15.0 Å². The number of nitrogens with zero attached hydrogens (tertiary/aromatic N) is 1. The van der Waals surface area contributed by atoms with Crippen LogP contribution >= 0.6 is 0 Å². The summed E-state index contributed by atoms with van der Waals surface area (Å²) >= 11 is 0. The molecule has 0 fully saturated rings. The fourth-order valence-corrected chi connectivity index (χ4v) is 2.01. The molecule has 1 atom stereocenters. The van der Waals surface area contributed by atoms with Gasteiger partial charge in [-0.2, -0.15) is 0 Å². The Labute approximate surface area is 119 Å². The van der Waals surface area contributed by atoms with Gasteiger partial charge in [-0.05, 0) is 19.4 Å². The van der Waals surface area contributed by atoms with Crippen molar-refractivity contribution in [1.82, 2.24) is 10.2 Å². The summed E-state index contributed by atoms with van der Waals surface area (Å²) in [5.41, 5.74) is -0.229. The van der Waals surface area contributed by atoms with Gasteiger partial charge >= 0.3 is 0 Å². The third-order valence-corrected chi connectivity index (χ3v) is 2.95. The van der Waals surface area contributed by atoms with Crippen LogP contribution in [0.3, 0.4) is 0 Å². The van der Waals surface area contributed by atoms with Crippen molar-refractivity contribution in [1.29, 1.82) is 0 Å². The van der Waals surface area contributed by atoms with Gasteiger partial charge in [0, 0.05) is 21.2 Å². The molecule has 0 aromatic heterocycles. The lowest BCUT2D eigenvalue weighted by atomic mass is 10.0. The molecule has 0 saturated carbocycles. The van der Waals surface area contributed by atoms with Gasteiger partial charge in [-0.25, -0.2) is 0 Å². The summed E-state index contributed by atoms with van der Waals surface area (Å²) in [4.78, 5) is 25.8. The van der Waals surface area contributed by atoms with E-state index in [2.05, 4.69) is 5.32 Å². The molecule has 20 heavy (non-hydrogen) atoms. The number of benzene rings is 1. The minimum atomic E-state index is -0.980. The molecule has 1 N–H and O–H groups in total. The number of ether oxygens (including phenoxy) is 1. The molecule has 0 heterocycles. The Bertz CT molecular complexity index is 469. The predicted molar refractivity (Wildman–Crippen MR) is 77.1 cm³/mol. The largest absolute Gasteiger partial charge is 0.367 e. The summed E-state index contributed by atoms with van der Waals surface area (Å²) in [7, 11) is 4.78. The third-order valence-electron chi connectivity index (χ3n) is 2.95. The summed E-state index contributed by atoms with van der Waals surface area (Å²) in [6, 6.07) is 9.17. The number of rotatable bonds is 5. The van der Waals surface area contributed by atoms with E-state index in [9.17, 15) is 9.59 Å². The topological polar surface area (TPSA) is 58.6 Å². The highest BCUT2D eigenvalue weighted by Gasteiger charge is 2.33. The van der Waals surface area contributed by atoms with Crippen molar-refractivity contribution in [2.45, 2.75) is 25.5 Å². The van der Waals surface area contributed by atoms with Gasteiger partial charge in [0.25, 0.3) is 5.91 Å². The van der Waals surface area contributed by atoms with Crippen molar-refractivity contribution >= 4 is 11.8 Å². The number of amides is 2. The maximum Gasteiger partial charge on any atom is 0.254 e. The molecule has 5 heteroatoms. The maximum atomic E-state index is 12.3. The zero-order valence-corrected chi connectivity index (χ0v) is 12.6. The number of nitrogens with one attached hydrogen (secondary N) is 1. The highest BCUT2D eigenvalue weighted by Crippen LogP contribution is 2.18. The molecule has 110 valence electrons. The highest BCUT2D eigenvalue weighted by atomic mass is 16.5. The summed E-state index contributed by atoms with van der Waals surface area (Å²) in [6.07, 6.45) is -0.731.